The van der Waals surface area contributed by atoms with Crippen LogP contribution < -0.4 is 5.32 Å². The molecule has 1 heteroatoms. The summed E-state index contributed by atoms with van der Waals surface area (Å²) in [7, 11) is 2.04. The summed E-state index contributed by atoms with van der Waals surface area (Å²) in [5, 5.41) is 3.23. The lowest BCUT2D eigenvalue weighted by molar-refractivity contribution is 0.500. The van der Waals surface area contributed by atoms with Gasteiger partial charge in [0.2, 0.25) is 0 Å². The van der Waals surface area contributed by atoms with Gasteiger partial charge in [-0.1, -0.05) is 38.0 Å². The van der Waals surface area contributed by atoms with E-state index in [-0.39, 0.29) is 0 Å². The number of hydrogen-bond donors (Lipinski definition) is 1. The predicted molar refractivity (Wildman–Crippen MR) is 77.2 cm³/mol. The monoisotopic (exact) mass is 235 g/mol. The Bertz CT molecular complexity index is 263. The Hall–Kier alpha value is -0.560. The molecule has 0 aromatic heterocycles. The highest BCUT2D eigenvalue weighted by atomic mass is 14.8. The molecular formula is C16H29N. The van der Waals surface area contributed by atoms with Gasteiger partial charge in [0.25, 0.3) is 0 Å². The highest BCUT2D eigenvalue weighted by Gasteiger charge is 2.24. The fourth-order valence-electron chi connectivity index (χ4n) is 2.96. The molecule has 98 valence electrons. The van der Waals surface area contributed by atoms with E-state index in [1.807, 2.05) is 26.5 Å². The predicted octanol–water partition coefficient (Wildman–Crippen LogP) is 4.46. The second kappa shape index (κ2) is 8.52. The second-order valence-electron chi connectivity index (χ2n) is 4.83. The Morgan fingerprint density at radius 2 is 2.06 bits per heavy atom. The van der Waals surface area contributed by atoms with Crippen LogP contribution in [0.1, 0.15) is 58.8 Å². The molecule has 2 aliphatic rings. The molecule has 0 saturated heterocycles. The van der Waals surface area contributed by atoms with E-state index in [0.717, 1.165) is 5.92 Å². The molecule has 0 spiro atoms. The number of rotatable bonds is 5. The van der Waals surface area contributed by atoms with Crippen molar-refractivity contribution in [2.75, 3.05) is 13.6 Å². The molecule has 0 amide bonds. The van der Waals surface area contributed by atoms with Crippen LogP contribution in [-0.2, 0) is 0 Å². The van der Waals surface area contributed by atoms with Gasteiger partial charge in [-0.3, -0.25) is 0 Å². The summed E-state index contributed by atoms with van der Waals surface area (Å²) in [5.74, 6) is 0.932. The van der Waals surface area contributed by atoms with E-state index >= 15 is 0 Å². The van der Waals surface area contributed by atoms with Crippen LogP contribution in [0, 0.1) is 5.92 Å². The molecular weight excluding hydrogens is 206 g/mol. The molecule has 1 nitrogen and oxygen atoms in total. The van der Waals surface area contributed by atoms with Crippen LogP contribution in [0.3, 0.4) is 0 Å². The topological polar surface area (TPSA) is 12.0 Å². The van der Waals surface area contributed by atoms with Crippen LogP contribution in [0.2, 0.25) is 0 Å². The normalized spacial score (nSPS) is 22.2. The van der Waals surface area contributed by atoms with Gasteiger partial charge in [-0.2, -0.15) is 0 Å². The molecule has 0 heterocycles. The molecule has 0 bridgehead atoms. The maximum atomic E-state index is 3.23. The van der Waals surface area contributed by atoms with Crippen molar-refractivity contribution in [3.05, 3.63) is 23.3 Å². The molecule has 0 aromatic carbocycles. The summed E-state index contributed by atoms with van der Waals surface area (Å²) in [4.78, 5) is 0. The molecule has 1 unspecified atom stereocenters. The highest BCUT2D eigenvalue weighted by Crippen LogP contribution is 2.40. The lowest BCUT2D eigenvalue weighted by Gasteiger charge is -2.16. The van der Waals surface area contributed by atoms with Gasteiger partial charge in [0.15, 0.2) is 0 Å². The highest BCUT2D eigenvalue weighted by molar-refractivity contribution is 5.34. The largest absolute Gasteiger partial charge is 0.320 e. The first kappa shape index (κ1) is 14.5. The van der Waals surface area contributed by atoms with Gasteiger partial charge in [0.1, 0.15) is 0 Å². The first-order chi connectivity index (χ1) is 8.42. The molecule has 1 N–H and O–H groups in total. The van der Waals surface area contributed by atoms with E-state index in [2.05, 4.69) is 17.5 Å². The van der Waals surface area contributed by atoms with Crippen LogP contribution >= 0.6 is 0 Å². The summed E-state index contributed by atoms with van der Waals surface area (Å²) in [6.45, 7) is 5.18. The molecule has 2 aliphatic carbocycles. The van der Waals surface area contributed by atoms with Crippen molar-refractivity contribution in [2.24, 2.45) is 5.92 Å². The van der Waals surface area contributed by atoms with Gasteiger partial charge in [-0.25, -0.2) is 0 Å². The zero-order valence-electron chi connectivity index (χ0n) is 11.9. The summed E-state index contributed by atoms with van der Waals surface area (Å²) in [6.07, 6.45) is 14.3. The average molecular weight is 235 g/mol. The number of allylic oxidation sites excluding steroid dienone is 4. The first-order valence-electron chi connectivity index (χ1n) is 7.45. The molecule has 0 fully saturated rings. The third-order valence-electron chi connectivity index (χ3n) is 3.80. The summed E-state index contributed by atoms with van der Waals surface area (Å²) >= 11 is 0. The first-order valence-corrected chi connectivity index (χ1v) is 7.45. The lowest BCUT2D eigenvalue weighted by Crippen LogP contribution is -2.08. The molecule has 17 heavy (non-hydrogen) atoms. The van der Waals surface area contributed by atoms with Crippen molar-refractivity contribution in [1.29, 1.82) is 0 Å². The quantitative estimate of drug-likeness (QED) is 0.694. The molecule has 2 rings (SSSR count). The maximum absolute atomic E-state index is 3.23. The van der Waals surface area contributed by atoms with E-state index in [1.54, 1.807) is 5.57 Å². The fraction of sp³-hybridized carbons (Fsp3) is 0.750. The minimum absolute atomic E-state index is 0.932. The van der Waals surface area contributed by atoms with E-state index in [1.165, 1.54) is 51.5 Å². The number of nitrogens with one attached hydrogen (secondary N) is 1. The van der Waals surface area contributed by atoms with E-state index < -0.39 is 0 Å². The Labute approximate surface area is 107 Å². The third-order valence-corrected chi connectivity index (χ3v) is 3.80. The zero-order valence-corrected chi connectivity index (χ0v) is 11.9. The Morgan fingerprint density at radius 1 is 1.24 bits per heavy atom. The zero-order chi connectivity index (χ0) is 12.5. The molecule has 0 aromatic rings. The second-order valence-corrected chi connectivity index (χ2v) is 4.83. The van der Waals surface area contributed by atoms with Gasteiger partial charge in [0, 0.05) is 0 Å². The summed E-state index contributed by atoms with van der Waals surface area (Å²) < 4.78 is 0. The van der Waals surface area contributed by atoms with Gasteiger partial charge in [0.05, 0.1) is 0 Å². The average Bonchev–Trinajstić information content (AvgIpc) is 2.81. The van der Waals surface area contributed by atoms with Crippen LogP contribution in [0.4, 0.5) is 0 Å². The van der Waals surface area contributed by atoms with Gasteiger partial charge < -0.3 is 5.32 Å². The fourth-order valence-corrected chi connectivity index (χ4v) is 2.96. The van der Waals surface area contributed by atoms with Crippen LogP contribution in [-0.4, -0.2) is 13.6 Å². The van der Waals surface area contributed by atoms with Crippen molar-refractivity contribution in [3.63, 3.8) is 0 Å². The Kier molecular flexibility index (Phi) is 7.27. The Morgan fingerprint density at radius 3 is 2.82 bits per heavy atom. The maximum Gasteiger partial charge on any atom is -0.00519 e. The summed E-state index contributed by atoms with van der Waals surface area (Å²) in [6, 6.07) is 0. The molecule has 0 saturated carbocycles. The SMILES string of the molecule is CC.CNCCCCC1CCC2=C1CCC=C2. The molecule has 1 atom stereocenters. The molecule has 0 aliphatic heterocycles. The number of hydrogen-bond acceptors (Lipinski definition) is 1. The smallest absolute Gasteiger partial charge is 0.00519 e. The minimum Gasteiger partial charge on any atom is -0.320 e. The van der Waals surface area contributed by atoms with E-state index in [4.69, 9.17) is 0 Å². The van der Waals surface area contributed by atoms with Gasteiger partial charge in [-0.05, 0) is 63.6 Å². The third kappa shape index (κ3) is 4.31. The summed E-state index contributed by atoms with van der Waals surface area (Å²) in [5.41, 5.74) is 3.49. The standard InChI is InChI=1S/C14H23N.C2H6/c1-15-11-5-4-7-13-10-9-12-6-2-3-8-14(12)13;1-2/h2,6,13,15H,3-5,7-11H2,1H3;1-2H3. The van der Waals surface area contributed by atoms with Crippen molar-refractivity contribution in [2.45, 2.75) is 58.8 Å². The van der Waals surface area contributed by atoms with Crippen molar-refractivity contribution in [3.8, 4) is 0 Å². The van der Waals surface area contributed by atoms with Crippen LogP contribution in [0.25, 0.3) is 0 Å². The van der Waals surface area contributed by atoms with Gasteiger partial charge in [-0.15, -0.1) is 0 Å². The van der Waals surface area contributed by atoms with Crippen molar-refractivity contribution < 1.29 is 0 Å². The lowest BCUT2D eigenvalue weighted by atomic mass is 9.90. The number of unbranched alkanes of at least 4 members (excludes halogenated alkanes) is 1. The van der Waals surface area contributed by atoms with Crippen LogP contribution in [0.5, 0.6) is 0 Å². The Balaban J connectivity index is 0.000000686. The molecule has 0 radical (unpaired) electrons. The minimum atomic E-state index is 0.932. The van der Waals surface area contributed by atoms with Crippen LogP contribution in [0.15, 0.2) is 23.3 Å². The van der Waals surface area contributed by atoms with Crippen molar-refractivity contribution >= 4 is 0 Å². The van der Waals surface area contributed by atoms with Gasteiger partial charge >= 0.3 is 0 Å². The van der Waals surface area contributed by atoms with E-state index in [9.17, 15) is 0 Å². The van der Waals surface area contributed by atoms with E-state index in [0.29, 0.717) is 0 Å². The van der Waals surface area contributed by atoms with Crippen molar-refractivity contribution in [1.82, 2.24) is 5.32 Å².